The predicted molar refractivity (Wildman–Crippen MR) is 80.0 cm³/mol. The number of carboxylic acid groups (broad SMARTS) is 1. The molecule has 1 saturated heterocycles. The number of carbonyl (C=O) groups excluding carboxylic acids is 1. The maximum Gasteiger partial charge on any atom is 0.329 e. The third kappa shape index (κ3) is 3.22. The summed E-state index contributed by atoms with van der Waals surface area (Å²) in [6.07, 6.45) is 3.95. The van der Waals surface area contributed by atoms with E-state index in [4.69, 9.17) is 0 Å². The molecule has 2 N–H and O–H groups in total. The van der Waals surface area contributed by atoms with E-state index in [1.54, 1.807) is 11.9 Å². The molecule has 0 aromatic heterocycles. The lowest BCUT2D eigenvalue weighted by atomic mass is 9.76. The van der Waals surface area contributed by atoms with Crippen LogP contribution in [0.3, 0.4) is 0 Å². The van der Waals surface area contributed by atoms with Gasteiger partial charge in [0.25, 0.3) is 0 Å². The summed E-state index contributed by atoms with van der Waals surface area (Å²) in [5.41, 5.74) is -1.07. The lowest BCUT2D eigenvalue weighted by Gasteiger charge is -2.38. The molecule has 0 spiro atoms. The molecule has 3 atom stereocenters. The molecule has 1 aliphatic carbocycles. The molecule has 0 aromatic rings. The number of aliphatic carboxylic acids is 1. The number of rotatable bonds is 3. The highest BCUT2D eigenvalue weighted by Crippen LogP contribution is 2.33. The highest BCUT2D eigenvalue weighted by Gasteiger charge is 2.44. The molecule has 2 aliphatic rings. The lowest BCUT2D eigenvalue weighted by Crippen LogP contribution is -2.60. The van der Waals surface area contributed by atoms with Crippen molar-refractivity contribution in [3.05, 3.63) is 0 Å². The molecule has 1 saturated carbocycles. The standard InChI is InChI=1S/C14H24N2O3S/c1-10-4-3-6-14(8-10,12(17)18)15-13(19)16(2)11-5-7-20-9-11/h10-11H,3-9H2,1-2H3,(H,15,19)(H,17,18). The first kappa shape index (κ1) is 15.5. The quantitative estimate of drug-likeness (QED) is 0.838. The topological polar surface area (TPSA) is 69.6 Å². The first-order valence-electron chi connectivity index (χ1n) is 7.31. The van der Waals surface area contributed by atoms with Crippen LogP contribution in [0.15, 0.2) is 0 Å². The van der Waals surface area contributed by atoms with Crippen molar-refractivity contribution in [2.75, 3.05) is 18.6 Å². The minimum absolute atomic E-state index is 0.229. The van der Waals surface area contributed by atoms with Crippen LogP contribution in [0.5, 0.6) is 0 Å². The molecule has 2 fully saturated rings. The van der Waals surface area contributed by atoms with Crippen molar-refractivity contribution < 1.29 is 14.7 Å². The van der Waals surface area contributed by atoms with Crippen LogP contribution >= 0.6 is 11.8 Å². The summed E-state index contributed by atoms with van der Waals surface area (Å²) in [6.45, 7) is 2.06. The fraction of sp³-hybridized carbons (Fsp3) is 0.857. The Kier molecular flexibility index (Phi) is 4.83. The average molecular weight is 300 g/mol. The van der Waals surface area contributed by atoms with Crippen LogP contribution < -0.4 is 5.32 Å². The number of urea groups is 1. The van der Waals surface area contributed by atoms with Crippen LogP contribution in [0.2, 0.25) is 0 Å². The van der Waals surface area contributed by atoms with Crippen molar-refractivity contribution in [3.8, 4) is 0 Å². The fourth-order valence-electron chi connectivity index (χ4n) is 3.20. The van der Waals surface area contributed by atoms with Crippen molar-refractivity contribution >= 4 is 23.8 Å². The van der Waals surface area contributed by atoms with Crippen LogP contribution in [-0.4, -0.2) is 52.1 Å². The Labute approximate surface area is 124 Å². The fourth-order valence-corrected chi connectivity index (χ4v) is 4.47. The highest BCUT2D eigenvalue weighted by atomic mass is 32.2. The number of amides is 2. The van der Waals surface area contributed by atoms with E-state index in [2.05, 4.69) is 12.2 Å². The number of nitrogens with one attached hydrogen (secondary N) is 1. The summed E-state index contributed by atoms with van der Waals surface area (Å²) in [4.78, 5) is 25.7. The number of carboxylic acids is 1. The zero-order chi connectivity index (χ0) is 14.8. The van der Waals surface area contributed by atoms with Gasteiger partial charge in [-0.25, -0.2) is 9.59 Å². The van der Waals surface area contributed by atoms with Crippen LogP contribution in [0, 0.1) is 5.92 Å². The summed E-state index contributed by atoms with van der Waals surface area (Å²) >= 11 is 1.84. The lowest BCUT2D eigenvalue weighted by molar-refractivity contribution is -0.146. The van der Waals surface area contributed by atoms with Crippen LogP contribution in [0.25, 0.3) is 0 Å². The molecule has 114 valence electrons. The monoisotopic (exact) mass is 300 g/mol. The average Bonchev–Trinajstić information content (AvgIpc) is 2.91. The second-order valence-corrected chi connectivity index (χ2v) is 7.30. The van der Waals surface area contributed by atoms with Crippen molar-refractivity contribution in [3.63, 3.8) is 0 Å². The van der Waals surface area contributed by atoms with Gasteiger partial charge < -0.3 is 15.3 Å². The van der Waals surface area contributed by atoms with E-state index in [0.29, 0.717) is 18.8 Å². The Hall–Kier alpha value is -0.910. The Balaban J connectivity index is 2.03. The third-order valence-corrected chi connectivity index (χ3v) is 5.67. The van der Waals surface area contributed by atoms with Gasteiger partial charge in [0.05, 0.1) is 0 Å². The summed E-state index contributed by atoms with van der Waals surface area (Å²) < 4.78 is 0. The normalized spacial score (nSPS) is 33.7. The van der Waals surface area contributed by atoms with E-state index in [-0.39, 0.29) is 12.1 Å². The Bertz CT molecular complexity index is 385. The number of carbonyl (C=O) groups is 2. The van der Waals surface area contributed by atoms with E-state index in [9.17, 15) is 14.7 Å². The second kappa shape index (κ2) is 6.24. The molecule has 5 nitrogen and oxygen atoms in total. The van der Waals surface area contributed by atoms with E-state index >= 15 is 0 Å². The van der Waals surface area contributed by atoms with Crippen LogP contribution in [-0.2, 0) is 4.79 Å². The molecule has 1 aliphatic heterocycles. The number of nitrogens with zero attached hydrogens (tertiary/aromatic N) is 1. The van der Waals surface area contributed by atoms with Gasteiger partial charge in [-0.3, -0.25) is 0 Å². The van der Waals surface area contributed by atoms with Gasteiger partial charge in [0.2, 0.25) is 0 Å². The second-order valence-electron chi connectivity index (χ2n) is 6.15. The number of hydrogen-bond donors (Lipinski definition) is 2. The Morgan fingerprint density at radius 3 is 2.70 bits per heavy atom. The largest absolute Gasteiger partial charge is 0.480 e. The van der Waals surface area contributed by atoms with Crippen molar-refractivity contribution in [1.82, 2.24) is 10.2 Å². The molecule has 2 rings (SSSR count). The van der Waals surface area contributed by atoms with Crippen LogP contribution in [0.1, 0.15) is 39.0 Å². The highest BCUT2D eigenvalue weighted by molar-refractivity contribution is 7.99. The SMILES string of the molecule is CC1CCCC(NC(=O)N(C)C2CCSC2)(C(=O)O)C1. The molecule has 2 amide bonds. The van der Waals surface area contributed by atoms with Gasteiger partial charge in [-0.1, -0.05) is 19.8 Å². The van der Waals surface area contributed by atoms with Gasteiger partial charge in [-0.2, -0.15) is 11.8 Å². The molecular weight excluding hydrogens is 276 g/mol. The van der Waals surface area contributed by atoms with Gasteiger partial charge in [-0.05, 0) is 30.9 Å². The molecule has 20 heavy (non-hydrogen) atoms. The first-order valence-corrected chi connectivity index (χ1v) is 8.46. The van der Waals surface area contributed by atoms with E-state index in [1.165, 1.54) is 0 Å². The minimum Gasteiger partial charge on any atom is -0.480 e. The molecule has 0 radical (unpaired) electrons. The Morgan fingerprint density at radius 2 is 2.15 bits per heavy atom. The van der Waals surface area contributed by atoms with Crippen molar-refractivity contribution in [2.45, 2.75) is 50.6 Å². The molecule has 1 heterocycles. The van der Waals surface area contributed by atoms with Gasteiger partial charge >= 0.3 is 12.0 Å². The zero-order valence-electron chi connectivity index (χ0n) is 12.2. The molecule has 6 heteroatoms. The number of hydrogen-bond acceptors (Lipinski definition) is 3. The predicted octanol–water partition coefficient (Wildman–Crippen LogP) is 2.17. The maximum atomic E-state index is 12.4. The van der Waals surface area contributed by atoms with E-state index in [0.717, 1.165) is 30.8 Å². The molecule has 0 bridgehead atoms. The summed E-state index contributed by atoms with van der Waals surface area (Å²) in [5, 5.41) is 12.4. The van der Waals surface area contributed by atoms with E-state index in [1.807, 2.05) is 11.8 Å². The summed E-state index contributed by atoms with van der Waals surface area (Å²) in [6, 6.07) is -0.0131. The summed E-state index contributed by atoms with van der Waals surface area (Å²) in [5.74, 6) is 1.46. The maximum absolute atomic E-state index is 12.4. The molecule has 0 aromatic carbocycles. The van der Waals surface area contributed by atoms with Gasteiger partial charge in [0.1, 0.15) is 5.54 Å². The first-order chi connectivity index (χ1) is 9.44. The zero-order valence-corrected chi connectivity index (χ0v) is 13.0. The van der Waals surface area contributed by atoms with Crippen molar-refractivity contribution in [1.29, 1.82) is 0 Å². The van der Waals surface area contributed by atoms with E-state index < -0.39 is 11.5 Å². The third-order valence-electron chi connectivity index (χ3n) is 4.53. The summed E-state index contributed by atoms with van der Waals surface area (Å²) in [7, 11) is 1.77. The van der Waals surface area contributed by atoms with Crippen LogP contribution in [0.4, 0.5) is 4.79 Å². The minimum atomic E-state index is -1.07. The molecule has 3 unspecified atom stereocenters. The Morgan fingerprint density at radius 1 is 1.40 bits per heavy atom. The molecular formula is C14H24N2O3S. The smallest absolute Gasteiger partial charge is 0.329 e. The number of thioether (sulfide) groups is 1. The van der Waals surface area contributed by atoms with Gasteiger partial charge in [0.15, 0.2) is 0 Å². The van der Waals surface area contributed by atoms with Gasteiger partial charge in [0, 0.05) is 18.8 Å². The van der Waals surface area contributed by atoms with Crippen molar-refractivity contribution in [2.24, 2.45) is 5.92 Å². The van der Waals surface area contributed by atoms with Gasteiger partial charge in [-0.15, -0.1) is 0 Å².